The second-order valence-corrected chi connectivity index (χ2v) is 10.8. The van der Waals surface area contributed by atoms with Crippen LogP contribution in [0.5, 0.6) is 0 Å². The van der Waals surface area contributed by atoms with E-state index in [0.717, 1.165) is 30.4 Å². The summed E-state index contributed by atoms with van der Waals surface area (Å²) in [5.41, 5.74) is 3.22. The number of nitrogens with zero attached hydrogens (tertiary/aromatic N) is 1. The Hall–Kier alpha value is -2.96. The van der Waals surface area contributed by atoms with Crippen molar-refractivity contribution in [3.63, 3.8) is 0 Å². The SMILES string of the molecule is Cc1ccc(S(=O)(=O)N[C@H](Cc2ccccc2)C(=O)N2CCC(Cc3ccccc3)CC2)cc1. The van der Waals surface area contributed by atoms with Gasteiger partial charge in [-0.1, -0.05) is 78.4 Å². The highest BCUT2D eigenvalue weighted by atomic mass is 32.2. The average molecular weight is 477 g/mol. The molecule has 0 spiro atoms. The molecule has 1 N–H and O–H groups in total. The summed E-state index contributed by atoms with van der Waals surface area (Å²) < 4.78 is 28.9. The fourth-order valence-corrected chi connectivity index (χ4v) is 5.72. The number of hydrogen-bond acceptors (Lipinski definition) is 3. The number of benzene rings is 3. The molecule has 178 valence electrons. The highest BCUT2D eigenvalue weighted by Gasteiger charge is 2.31. The maximum atomic E-state index is 13.5. The molecule has 0 aromatic heterocycles. The second kappa shape index (κ2) is 11.0. The molecule has 0 radical (unpaired) electrons. The third-order valence-corrected chi connectivity index (χ3v) is 7.99. The number of piperidine rings is 1. The van der Waals surface area contributed by atoms with Crippen molar-refractivity contribution in [3.05, 3.63) is 102 Å². The molecular weight excluding hydrogens is 444 g/mol. The summed E-state index contributed by atoms with van der Waals surface area (Å²) in [5, 5.41) is 0. The molecule has 5 nitrogen and oxygen atoms in total. The van der Waals surface area contributed by atoms with Crippen LogP contribution in [0.3, 0.4) is 0 Å². The molecule has 3 aromatic carbocycles. The van der Waals surface area contributed by atoms with E-state index in [1.165, 1.54) is 5.56 Å². The summed E-state index contributed by atoms with van der Waals surface area (Å²) in [7, 11) is -3.83. The van der Waals surface area contributed by atoms with Crippen molar-refractivity contribution in [3.8, 4) is 0 Å². The van der Waals surface area contributed by atoms with Crippen molar-refractivity contribution in [1.29, 1.82) is 0 Å². The van der Waals surface area contributed by atoms with Gasteiger partial charge in [-0.05, 0) is 61.8 Å². The first-order valence-corrected chi connectivity index (χ1v) is 13.3. The summed E-state index contributed by atoms with van der Waals surface area (Å²) in [6.07, 6.45) is 3.16. The number of likely N-dealkylation sites (tertiary alicyclic amines) is 1. The van der Waals surface area contributed by atoms with Gasteiger partial charge in [0.25, 0.3) is 0 Å². The van der Waals surface area contributed by atoms with E-state index in [1.54, 1.807) is 24.3 Å². The molecule has 0 saturated carbocycles. The first-order valence-electron chi connectivity index (χ1n) is 11.9. The van der Waals surface area contributed by atoms with E-state index in [-0.39, 0.29) is 10.8 Å². The summed E-state index contributed by atoms with van der Waals surface area (Å²) in [6, 6.07) is 25.8. The Morgan fingerprint density at radius 3 is 2.03 bits per heavy atom. The maximum Gasteiger partial charge on any atom is 0.241 e. The molecule has 34 heavy (non-hydrogen) atoms. The number of aryl methyl sites for hydroxylation is 1. The third kappa shape index (κ3) is 6.33. The number of sulfonamides is 1. The van der Waals surface area contributed by atoms with Gasteiger partial charge in [-0.25, -0.2) is 8.42 Å². The number of amides is 1. The van der Waals surface area contributed by atoms with E-state index >= 15 is 0 Å². The molecule has 3 aromatic rings. The number of hydrogen-bond donors (Lipinski definition) is 1. The molecule has 0 unspecified atom stereocenters. The van der Waals surface area contributed by atoms with E-state index < -0.39 is 16.1 Å². The van der Waals surface area contributed by atoms with Crippen molar-refractivity contribution in [1.82, 2.24) is 9.62 Å². The zero-order valence-electron chi connectivity index (χ0n) is 19.6. The smallest absolute Gasteiger partial charge is 0.241 e. The topological polar surface area (TPSA) is 66.5 Å². The summed E-state index contributed by atoms with van der Waals surface area (Å²) >= 11 is 0. The molecule has 0 bridgehead atoms. The predicted molar refractivity (Wildman–Crippen MR) is 135 cm³/mol. The van der Waals surface area contributed by atoms with Gasteiger partial charge in [0.05, 0.1) is 4.90 Å². The van der Waals surface area contributed by atoms with Crippen LogP contribution in [0.15, 0.2) is 89.8 Å². The predicted octanol–water partition coefficient (Wildman–Crippen LogP) is 4.37. The Morgan fingerprint density at radius 2 is 1.44 bits per heavy atom. The van der Waals surface area contributed by atoms with Crippen LogP contribution < -0.4 is 4.72 Å². The van der Waals surface area contributed by atoms with Gasteiger partial charge < -0.3 is 4.90 Å². The van der Waals surface area contributed by atoms with Gasteiger partial charge in [-0.15, -0.1) is 0 Å². The van der Waals surface area contributed by atoms with Gasteiger partial charge >= 0.3 is 0 Å². The Balaban J connectivity index is 1.46. The van der Waals surface area contributed by atoms with Crippen LogP contribution in [0, 0.1) is 12.8 Å². The van der Waals surface area contributed by atoms with Crippen LogP contribution in [0.1, 0.15) is 29.5 Å². The van der Waals surface area contributed by atoms with Crippen molar-refractivity contribution in [2.45, 2.75) is 43.5 Å². The lowest BCUT2D eigenvalue weighted by molar-refractivity contribution is -0.134. The van der Waals surface area contributed by atoms with Crippen LogP contribution >= 0.6 is 0 Å². The molecule has 1 amide bonds. The standard InChI is InChI=1S/C28H32N2O3S/c1-22-12-14-26(15-13-22)34(32,33)29-27(21-24-10-6-3-7-11-24)28(31)30-18-16-25(17-19-30)20-23-8-4-2-5-9-23/h2-15,25,27,29H,16-21H2,1H3/t27-/m1/s1. The molecule has 1 atom stereocenters. The van der Waals surface area contributed by atoms with Crippen LogP contribution in [0.4, 0.5) is 0 Å². The molecule has 1 saturated heterocycles. The van der Waals surface area contributed by atoms with Gasteiger partial charge in [-0.2, -0.15) is 4.72 Å². The lowest BCUT2D eigenvalue weighted by atomic mass is 9.90. The average Bonchev–Trinajstić information content (AvgIpc) is 2.85. The van der Waals surface area contributed by atoms with Crippen LogP contribution in [0.25, 0.3) is 0 Å². The third-order valence-electron chi connectivity index (χ3n) is 6.50. The van der Waals surface area contributed by atoms with Crippen molar-refractivity contribution in [2.24, 2.45) is 5.92 Å². The Bertz CT molecular complexity index is 1170. The summed E-state index contributed by atoms with van der Waals surface area (Å²) in [6.45, 7) is 3.20. The minimum Gasteiger partial charge on any atom is -0.341 e. The molecule has 1 fully saturated rings. The molecular formula is C28H32N2O3S. The Labute approximate surface area is 202 Å². The largest absolute Gasteiger partial charge is 0.341 e. The molecule has 4 rings (SSSR count). The lowest BCUT2D eigenvalue weighted by Crippen LogP contribution is -2.51. The fourth-order valence-electron chi connectivity index (χ4n) is 4.53. The van der Waals surface area contributed by atoms with Crippen molar-refractivity contribution >= 4 is 15.9 Å². The van der Waals surface area contributed by atoms with Gasteiger partial charge in [0.15, 0.2) is 0 Å². The first kappa shape index (κ1) is 24.2. The zero-order chi connectivity index (χ0) is 24.0. The normalized spacial score (nSPS) is 15.7. The number of nitrogens with one attached hydrogen (secondary N) is 1. The van der Waals surface area contributed by atoms with E-state index in [0.29, 0.717) is 25.4 Å². The number of rotatable bonds is 8. The Kier molecular flexibility index (Phi) is 7.80. The summed E-state index contributed by atoms with van der Waals surface area (Å²) in [5.74, 6) is 0.376. The van der Waals surface area contributed by atoms with E-state index in [1.807, 2.05) is 48.2 Å². The minimum absolute atomic E-state index is 0.155. The molecule has 0 aliphatic carbocycles. The minimum atomic E-state index is -3.83. The molecule has 6 heteroatoms. The molecule has 1 heterocycles. The number of carbonyl (C=O) groups is 1. The van der Waals surface area contributed by atoms with E-state index in [9.17, 15) is 13.2 Å². The van der Waals surface area contributed by atoms with E-state index in [2.05, 4.69) is 29.0 Å². The Morgan fingerprint density at radius 1 is 0.882 bits per heavy atom. The van der Waals surface area contributed by atoms with Crippen molar-refractivity contribution in [2.75, 3.05) is 13.1 Å². The maximum absolute atomic E-state index is 13.5. The fraction of sp³-hybridized carbons (Fsp3) is 0.321. The van der Waals surface area contributed by atoms with E-state index in [4.69, 9.17) is 0 Å². The lowest BCUT2D eigenvalue weighted by Gasteiger charge is -2.34. The molecule has 1 aliphatic heterocycles. The van der Waals surface area contributed by atoms with Gasteiger partial charge in [0.1, 0.15) is 6.04 Å². The second-order valence-electron chi connectivity index (χ2n) is 9.14. The highest BCUT2D eigenvalue weighted by Crippen LogP contribution is 2.23. The summed E-state index contributed by atoms with van der Waals surface area (Å²) in [4.78, 5) is 15.5. The van der Waals surface area contributed by atoms with Gasteiger partial charge in [0.2, 0.25) is 15.9 Å². The van der Waals surface area contributed by atoms with Crippen molar-refractivity contribution < 1.29 is 13.2 Å². The van der Waals surface area contributed by atoms with Gasteiger partial charge in [-0.3, -0.25) is 4.79 Å². The monoisotopic (exact) mass is 476 g/mol. The quantitative estimate of drug-likeness (QED) is 0.525. The first-order chi connectivity index (χ1) is 16.4. The van der Waals surface area contributed by atoms with Crippen LogP contribution in [-0.2, 0) is 27.7 Å². The highest BCUT2D eigenvalue weighted by molar-refractivity contribution is 7.89. The number of carbonyl (C=O) groups excluding carboxylic acids is 1. The molecule has 1 aliphatic rings. The van der Waals surface area contributed by atoms with Crippen LogP contribution in [-0.4, -0.2) is 38.4 Å². The van der Waals surface area contributed by atoms with Gasteiger partial charge in [0, 0.05) is 13.1 Å². The zero-order valence-corrected chi connectivity index (χ0v) is 20.4. The van der Waals surface area contributed by atoms with Crippen LogP contribution in [0.2, 0.25) is 0 Å².